The maximum Gasteiger partial charge on any atom is 0.153 e. The second kappa shape index (κ2) is 9.26. The number of aliphatic imine (C=N–C) groups is 1. The van der Waals surface area contributed by atoms with Crippen molar-refractivity contribution in [3.8, 4) is 5.75 Å². The van der Waals surface area contributed by atoms with E-state index in [1.54, 1.807) is 0 Å². The topological polar surface area (TPSA) is 117 Å². The monoisotopic (exact) mass is 496 g/mol. The molecule has 9 nitrogen and oxygen atoms in total. The van der Waals surface area contributed by atoms with E-state index in [2.05, 4.69) is 40.2 Å². The van der Waals surface area contributed by atoms with Gasteiger partial charge in [0.2, 0.25) is 0 Å². The summed E-state index contributed by atoms with van der Waals surface area (Å²) in [5.41, 5.74) is 3.71. The first-order valence-corrected chi connectivity index (χ1v) is 11.0. The van der Waals surface area contributed by atoms with Crippen molar-refractivity contribution in [1.29, 1.82) is 0 Å². The van der Waals surface area contributed by atoms with Crippen molar-refractivity contribution in [2.75, 3.05) is 5.32 Å². The van der Waals surface area contributed by atoms with Crippen LogP contribution in [0.15, 0.2) is 42.2 Å². The van der Waals surface area contributed by atoms with Crippen LogP contribution in [0.25, 0.3) is 22.1 Å². The molecule has 178 valence electrons. The molecule has 0 unspecified atom stereocenters. The highest BCUT2D eigenvalue weighted by Gasteiger charge is 2.17. The molecular weight excluding hydrogens is 478 g/mol. The van der Waals surface area contributed by atoms with E-state index in [4.69, 9.17) is 16.3 Å². The molecule has 0 fully saturated rings. The van der Waals surface area contributed by atoms with Crippen LogP contribution < -0.4 is 10.1 Å². The number of hydrogen-bond acceptors (Lipinski definition) is 7. The third-order valence-electron chi connectivity index (χ3n) is 5.15. The molecule has 1 aliphatic rings. The number of aromatic amines is 2. The highest BCUT2D eigenvalue weighted by Crippen LogP contribution is 2.35. The van der Waals surface area contributed by atoms with E-state index in [1.165, 1.54) is 25.0 Å². The lowest BCUT2D eigenvalue weighted by molar-refractivity contribution is 0.243. The van der Waals surface area contributed by atoms with E-state index in [0.29, 0.717) is 34.8 Å². The van der Waals surface area contributed by atoms with Gasteiger partial charge in [0, 0.05) is 18.6 Å². The number of aromatic nitrogens is 6. The summed E-state index contributed by atoms with van der Waals surface area (Å²) < 4.78 is 32.8. The number of halogens is 3. The summed E-state index contributed by atoms with van der Waals surface area (Å²) in [5.74, 6) is 0.256. The van der Waals surface area contributed by atoms with Crippen LogP contribution in [-0.2, 0) is 6.54 Å². The number of anilines is 2. The van der Waals surface area contributed by atoms with Gasteiger partial charge in [0.25, 0.3) is 0 Å². The second-order valence-electron chi connectivity index (χ2n) is 7.92. The van der Waals surface area contributed by atoms with Crippen LogP contribution in [0.1, 0.15) is 25.0 Å². The van der Waals surface area contributed by atoms with Gasteiger partial charge in [0.1, 0.15) is 40.7 Å². The van der Waals surface area contributed by atoms with Gasteiger partial charge in [-0.1, -0.05) is 11.6 Å². The van der Waals surface area contributed by atoms with Gasteiger partial charge >= 0.3 is 0 Å². The van der Waals surface area contributed by atoms with Crippen LogP contribution in [0.5, 0.6) is 5.75 Å². The zero-order chi connectivity index (χ0) is 24.5. The molecule has 0 radical (unpaired) electrons. The first kappa shape index (κ1) is 22.7. The minimum absolute atomic E-state index is 0.0142. The Morgan fingerprint density at radius 2 is 1.66 bits per heavy atom. The number of H-pyrrole nitrogens is 2. The molecule has 0 saturated heterocycles. The van der Waals surface area contributed by atoms with Crippen LogP contribution in [0.3, 0.4) is 0 Å². The van der Waals surface area contributed by atoms with Gasteiger partial charge in [-0.2, -0.15) is 0 Å². The van der Waals surface area contributed by atoms with Crippen molar-refractivity contribution in [2.45, 2.75) is 26.5 Å². The lowest BCUT2D eigenvalue weighted by atomic mass is 10.1. The summed E-state index contributed by atoms with van der Waals surface area (Å²) in [6.45, 7) is 4.57. The number of rotatable bonds is 4. The third kappa shape index (κ3) is 4.50. The molecule has 1 aliphatic heterocycles. The Morgan fingerprint density at radius 1 is 0.971 bits per heavy atom. The predicted molar refractivity (Wildman–Crippen MR) is 129 cm³/mol. The zero-order valence-electron chi connectivity index (χ0n) is 18.6. The maximum atomic E-state index is 14.0. The molecule has 5 aromatic rings. The van der Waals surface area contributed by atoms with Crippen molar-refractivity contribution in [2.24, 2.45) is 4.99 Å². The van der Waals surface area contributed by atoms with E-state index in [9.17, 15) is 8.78 Å². The molecule has 35 heavy (non-hydrogen) atoms. The molecular formula is C23H19ClF2N8O. The minimum atomic E-state index is -0.425. The van der Waals surface area contributed by atoms with Gasteiger partial charge in [-0.05, 0) is 37.1 Å². The highest BCUT2D eigenvalue weighted by atomic mass is 35.5. The standard InChI is InChI=1S/C17H16FN5O.C6H3ClFN3/c1-9(2)24-14-4-11-6-19-5-10(11)3-13(14)23-17-15-12(18)7-20-16(15)21-8-22-17;7-5-4-3(8)1-9-6(4)11-2-10-5/h3-5,7-9H,6H2,1-2H3,(H2,20,21,22,23);1-2H,(H,9,10,11). The summed E-state index contributed by atoms with van der Waals surface area (Å²) in [6, 6.07) is 3.92. The van der Waals surface area contributed by atoms with E-state index in [-0.39, 0.29) is 16.6 Å². The second-order valence-corrected chi connectivity index (χ2v) is 8.27. The fourth-order valence-corrected chi connectivity index (χ4v) is 3.85. The SMILES string of the molecule is CC(C)Oc1cc2c(cc1Nc1ncnc3[nH]cc(F)c13)C=NC2.Fc1c[nH]c2ncnc(Cl)c12. The number of hydrogen-bond donors (Lipinski definition) is 3. The number of fused-ring (bicyclic) bond motifs is 3. The summed E-state index contributed by atoms with van der Waals surface area (Å²) in [7, 11) is 0. The van der Waals surface area contributed by atoms with Crippen LogP contribution in [0.4, 0.5) is 20.3 Å². The average Bonchev–Trinajstić information content (AvgIpc) is 3.54. The summed E-state index contributed by atoms with van der Waals surface area (Å²) in [5, 5.41) is 3.88. The zero-order valence-corrected chi connectivity index (χ0v) is 19.4. The Morgan fingerprint density at radius 3 is 2.37 bits per heavy atom. The van der Waals surface area contributed by atoms with E-state index in [1.807, 2.05) is 32.2 Å². The van der Waals surface area contributed by atoms with Crippen molar-refractivity contribution in [3.63, 3.8) is 0 Å². The van der Waals surface area contributed by atoms with Crippen LogP contribution >= 0.6 is 11.6 Å². The Hall–Kier alpha value is -4.12. The lowest BCUT2D eigenvalue weighted by Gasteiger charge is -2.17. The number of benzene rings is 1. The van der Waals surface area contributed by atoms with Gasteiger partial charge in [0.05, 0.1) is 29.1 Å². The first-order valence-electron chi connectivity index (χ1n) is 10.6. The van der Waals surface area contributed by atoms with Crippen LogP contribution in [-0.4, -0.2) is 42.2 Å². The lowest BCUT2D eigenvalue weighted by Crippen LogP contribution is -2.09. The molecule has 0 amide bonds. The molecule has 3 N–H and O–H groups in total. The Kier molecular flexibility index (Phi) is 6.00. The average molecular weight is 497 g/mol. The van der Waals surface area contributed by atoms with Gasteiger partial charge in [-0.3, -0.25) is 4.99 Å². The minimum Gasteiger partial charge on any atom is -0.489 e. The molecule has 0 spiro atoms. The van der Waals surface area contributed by atoms with E-state index in [0.717, 1.165) is 16.8 Å². The molecule has 12 heteroatoms. The quantitative estimate of drug-likeness (QED) is 0.290. The number of nitrogens with one attached hydrogen (secondary N) is 3. The van der Waals surface area contributed by atoms with Crippen LogP contribution in [0, 0.1) is 11.6 Å². The normalized spacial score (nSPS) is 12.2. The highest BCUT2D eigenvalue weighted by molar-refractivity contribution is 6.33. The smallest absolute Gasteiger partial charge is 0.153 e. The molecule has 0 aliphatic carbocycles. The van der Waals surface area contributed by atoms with Crippen molar-refractivity contribution < 1.29 is 13.5 Å². The largest absolute Gasteiger partial charge is 0.489 e. The molecule has 1 aromatic carbocycles. The predicted octanol–water partition coefficient (Wildman–Crippen LogP) is 5.31. The summed E-state index contributed by atoms with van der Waals surface area (Å²) in [4.78, 5) is 25.3. The van der Waals surface area contributed by atoms with Crippen LogP contribution in [0.2, 0.25) is 5.15 Å². The molecule has 6 rings (SSSR count). The molecule has 0 saturated carbocycles. The molecule has 4 aromatic heterocycles. The molecule has 0 bridgehead atoms. The van der Waals surface area contributed by atoms with Crippen molar-refractivity contribution >= 4 is 51.4 Å². The van der Waals surface area contributed by atoms with Crippen molar-refractivity contribution in [3.05, 3.63) is 65.1 Å². The fraction of sp³-hybridized carbons (Fsp3) is 0.174. The third-order valence-corrected chi connectivity index (χ3v) is 5.43. The number of ether oxygens (including phenoxy) is 1. The van der Waals surface area contributed by atoms with E-state index < -0.39 is 11.6 Å². The first-order chi connectivity index (χ1) is 16.9. The fourth-order valence-electron chi connectivity index (χ4n) is 3.62. The molecule has 0 atom stereocenters. The Labute approximate surface area is 202 Å². The Balaban J connectivity index is 0.000000192. The Bertz CT molecular complexity index is 1560. The van der Waals surface area contributed by atoms with Crippen molar-refractivity contribution in [1.82, 2.24) is 29.9 Å². The van der Waals surface area contributed by atoms with E-state index >= 15 is 0 Å². The van der Waals surface area contributed by atoms with Gasteiger partial charge in [-0.25, -0.2) is 28.7 Å². The maximum absolute atomic E-state index is 14.0. The number of nitrogens with zero attached hydrogens (tertiary/aromatic N) is 5. The molecule has 5 heterocycles. The van der Waals surface area contributed by atoms with Gasteiger partial charge in [-0.15, -0.1) is 0 Å². The summed E-state index contributed by atoms with van der Waals surface area (Å²) >= 11 is 5.59. The van der Waals surface area contributed by atoms with Gasteiger partial charge < -0.3 is 20.0 Å². The van der Waals surface area contributed by atoms with Gasteiger partial charge in [0.15, 0.2) is 11.6 Å². The summed E-state index contributed by atoms with van der Waals surface area (Å²) in [6.07, 6.45) is 6.97.